The summed E-state index contributed by atoms with van der Waals surface area (Å²) in [5.41, 5.74) is 4.28. The molecule has 0 fully saturated rings. The molecule has 0 unspecified atom stereocenters. The maximum Gasteiger partial charge on any atom is 0.273 e. The molecule has 1 rings (SSSR count). The lowest BCUT2D eigenvalue weighted by atomic mass is 10.2. The fourth-order valence-electron chi connectivity index (χ4n) is 0.923. The minimum Gasteiger partial charge on any atom is -0.507 e. The summed E-state index contributed by atoms with van der Waals surface area (Å²) >= 11 is 16.2. The number of halogens is 3. The van der Waals surface area contributed by atoms with Crippen molar-refractivity contribution in [1.82, 2.24) is 10.9 Å². The summed E-state index contributed by atoms with van der Waals surface area (Å²) in [6.07, 6.45) is 0. The molecule has 1 aromatic rings. The fourth-order valence-corrected chi connectivity index (χ4v) is 1.06. The number of phenols is 1. The van der Waals surface area contributed by atoms with Crippen molar-refractivity contribution in [3.05, 3.63) is 29.8 Å². The molecule has 0 saturated carbocycles. The highest BCUT2D eigenvalue weighted by molar-refractivity contribution is 6.76. The molecular weight excluding hydrogens is 288 g/mol. The maximum absolute atomic E-state index is 11.5. The van der Waals surface area contributed by atoms with Gasteiger partial charge in [0.2, 0.25) is 3.79 Å². The number of alkyl halides is 3. The van der Waals surface area contributed by atoms with Gasteiger partial charge >= 0.3 is 0 Å². The number of hydrazine groups is 1. The highest BCUT2D eigenvalue weighted by Gasteiger charge is 2.27. The van der Waals surface area contributed by atoms with Gasteiger partial charge in [0.05, 0.1) is 5.56 Å². The molecule has 0 atom stereocenters. The summed E-state index contributed by atoms with van der Waals surface area (Å²) in [5.74, 6) is -1.35. The Kier molecular flexibility index (Phi) is 4.45. The van der Waals surface area contributed by atoms with Crippen LogP contribution in [0.1, 0.15) is 10.4 Å². The van der Waals surface area contributed by atoms with Crippen molar-refractivity contribution in [3.63, 3.8) is 0 Å². The summed E-state index contributed by atoms with van der Waals surface area (Å²) < 4.78 is -1.95. The van der Waals surface area contributed by atoms with E-state index in [9.17, 15) is 9.90 Å². The van der Waals surface area contributed by atoms with Crippen LogP contribution >= 0.6 is 34.8 Å². The molecule has 0 aliphatic heterocycles. The zero-order valence-electron chi connectivity index (χ0n) is 8.30. The average Bonchev–Trinajstić information content (AvgIpc) is 2.24. The van der Waals surface area contributed by atoms with E-state index in [0.717, 1.165) is 0 Å². The number of rotatable bonds is 1. The molecule has 4 N–H and O–H groups in total. The molecule has 8 heteroatoms. The third-order valence-corrected chi connectivity index (χ3v) is 2.30. The Hall–Kier alpha value is -1.17. The van der Waals surface area contributed by atoms with Gasteiger partial charge in [-0.1, -0.05) is 46.9 Å². The number of phenolic OH excluding ortho intramolecular Hbond substituents is 1. The van der Waals surface area contributed by atoms with Gasteiger partial charge in [0.1, 0.15) is 5.75 Å². The number of hydrogen-bond acceptors (Lipinski definition) is 3. The molecule has 0 aliphatic carbocycles. The number of para-hydroxylation sites is 1. The predicted molar refractivity (Wildman–Crippen MR) is 66.7 cm³/mol. The molecule has 0 radical (unpaired) electrons. The van der Waals surface area contributed by atoms with Gasteiger partial charge in [-0.3, -0.25) is 21.1 Å². The summed E-state index contributed by atoms with van der Waals surface area (Å²) in [6.45, 7) is 0. The van der Waals surface area contributed by atoms with Gasteiger partial charge in [-0.2, -0.15) is 0 Å². The van der Waals surface area contributed by atoms with Gasteiger partial charge in [0, 0.05) is 0 Å². The Morgan fingerprint density at radius 1 is 1.24 bits per heavy atom. The molecule has 5 nitrogen and oxygen atoms in total. The van der Waals surface area contributed by atoms with E-state index in [4.69, 9.17) is 40.2 Å². The molecule has 0 spiro atoms. The summed E-state index contributed by atoms with van der Waals surface area (Å²) in [4.78, 5) is 11.5. The van der Waals surface area contributed by atoms with E-state index in [1.807, 2.05) is 0 Å². The van der Waals surface area contributed by atoms with E-state index < -0.39 is 15.5 Å². The summed E-state index contributed by atoms with van der Waals surface area (Å²) in [7, 11) is 0. The van der Waals surface area contributed by atoms with Crippen molar-refractivity contribution in [2.75, 3.05) is 0 Å². The average molecular weight is 297 g/mol. The van der Waals surface area contributed by atoms with Crippen LogP contribution in [0.2, 0.25) is 0 Å². The standard InChI is InChI=1S/C9H8Cl3N3O2/c10-9(11,12)8(13)15-14-7(17)5-3-1-2-4-6(5)16/h1-4,16H,(H2,13,15)(H,14,17). The van der Waals surface area contributed by atoms with Gasteiger partial charge in [-0.05, 0) is 12.1 Å². The summed E-state index contributed by atoms with van der Waals surface area (Å²) in [5, 5.41) is 16.7. The summed E-state index contributed by atoms with van der Waals surface area (Å²) in [6, 6.07) is 5.91. The number of carbonyl (C=O) groups is 1. The second-order valence-corrected chi connectivity index (χ2v) is 5.25. The van der Waals surface area contributed by atoms with Crippen molar-refractivity contribution in [2.24, 2.45) is 0 Å². The number of amides is 1. The lowest BCUT2D eigenvalue weighted by Crippen LogP contribution is -2.46. The number of aromatic hydroxyl groups is 1. The van der Waals surface area contributed by atoms with Crippen LogP contribution in [0.15, 0.2) is 24.3 Å². The minimum absolute atomic E-state index is 0.0390. The first-order chi connectivity index (χ1) is 7.82. The molecule has 0 heterocycles. The first-order valence-corrected chi connectivity index (χ1v) is 5.46. The molecule has 0 saturated heterocycles. The van der Waals surface area contributed by atoms with Crippen LogP contribution in [-0.4, -0.2) is 20.6 Å². The molecule has 0 aromatic heterocycles. The molecule has 92 valence electrons. The Labute approximate surface area is 112 Å². The van der Waals surface area contributed by atoms with E-state index in [1.54, 1.807) is 12.1 Å². The molecule has 17 heavy (non-hydrogen) atoms. The van der Waals surface area contributed by atoms with Crippen LogP contribution in [0.4, 0.5) is 0 Å². The number of hydrogen-bond donors (Lipinski definition) is 4. The molecular formula is C9H8Cl3N3O2. The van der Waals surface area contributed by atoms with Crippen molar-refractivity contribution >= 4 is 46.5 Å². The second-order valence-electron chi connectivity index (χ2n) is 2.97. The lowest BCUT2D eigenvalue weighted by molar-refractivity contribution is 0.0941. The highest BCUT2D eigenvalue weighted by Crippen LogP contribution is 2.25. The highest BCUT2D eigenvalue weighted by atomic mass is 35.6. The van der Waals surface area contributed by atoms with E-state index in [-0.39, 0.29) is 11.3 Å². The Morgan fingerprint density at radius 2 is 1.82 bits per heavy atom. The van der Waals surface area contributed by atoms with Crippen LogP contribution in [-0.2, 0) is 0 Å². The van der Waals surface area contributed by atoms with Crippen molar-refractivity contribution in [2.45, 2.75) is 3.79 Å². The Balaban J connectivity index is 2.63. The Morgan fingerprint density at radius 3 is 2.35 bits per heavy atom. The molecule has 0 aliphatic rings. The largest absolute Gasteiger partial charge is 0.507 e. The monoisotopic (exact) mass is 295 g/mol. The quantitative estimate of drug-likeness (QED) is 0.277. The van der Waals surface area contributed by atoms with Crippen molar-refractivity contribution in [1.29, 1.82) is 5.41 Å². The van der Waals surface area contributed by atoms with Gasteiger partial charge in [0.25, 0.3) is 5.91 Å². The zero-order chi connectivity index (χ0) is 13.1. The van der Waals surface area contributed by atoms with E-state index in [2.05, 4.69) is 10.9 Å². The maximum atomic E-state index is 11.5. The molecule has 0 bridgehead atoms. The van der Waals surface area contributed by atoms with Gasteiger partial charge in [-0.15, -0.1) is 0 Å². The van der Waals surface area contributed by atoms with E-state index in [0.29, 0.717) is 0 Å². The van der Waals surface area contributed by atoms with Crippen LogP contribution in [0.3, 0.4) is 0 Å². The minimum atomic E-state index is -1.95. The SMILES string of the molecule is N=C(NNC(=O)c1ccccc1O)C(Cl)(Cl)Cl. The van der Waals surface area contributed by atoms with Crippen LogP contribution in [0, 0.1) is 5.41 Å². The molecule has 1 amide bonds. The second kappa shape index (κ2) is 5.44. The first kappa shape index (κ1) is 13.9. The number of carbonyl (C=O) groups excluding carboxylic acids is 1. The third-order valence-electron chi connectivity index (χ3n) is 1.73. The fraction of sp³-hybridized carbons (Fsp3) is 0.111. The third kappa shape index (κ3) is 3.96. The van der Waals surface area contributed by atoms with E-state index >= 15 is 0 Å². The van der Waals surface area contributed by atoms with E-state index in [1.165, 1.54) is 12.1 Å². The smallest absolute Gasteiger partial charge is 0.273 e. The van der Waals surface area contributed by atoms with Gasteiger partial charge in [0.15, 0.2) is 5.84 Å². The first-order valence-electron chi connectivity index (χ1n) is 4.32. The zero-order valence-corrected chi connectivity index (χ0v) is 10.6. The predicted octanol–water partition coefficient (Wildman–Crippen LogP) is 1.97. The van der Waals surface area contributed by atoms with Crippen molar-refractivity contribution in [3.8, 4) is 5.75 Å². The topological polar surface area (TPSA) is 85.2 Å². The van der Waals surface area contributed by atoms with Crippen LogP contribution in [0.5, 0.6) is 5.75 Å². The van der Waals surface area contributed by atoms with Crippen molar-refractivity contribution < 1.29 is 9.90 Å². The van der Waals surface area contributed by atoms with Gasteiger partial charge < -0.3 is 5.11 Å². The number of amidine groups is 1. The number of benzene rings is 1. The van der Waals surface area contributed by atoms with Gasteiger partial charge in [-0.25, -0.2) is 0 Å². The van der Waals surface area contributed by atoms with Crippen LogP contribution in [0.25, 0.3) is 0 Å². The lowest BCUT2D eigenvalue weighted by Gasteiger charge is -2.15. The normalized spacial score (nSPS) is 10.8. The molecule has 1 aromatic carbocycles. The number of nitrogens with one attached hydrogen (secondary N) is 3. The van der Waals surface area contributed by atoms with Crippen LogP contribution < -0.4 is 10.9 Å². The Bertz CT molecular complexity index is 445.